The highest BCUT2D eigenvalue weighted by Crippen LogP contribution is 2.27. The van der Waals surface area contributed by atoms with E-state index in [9.17, 15) is 8.42 Å². The average molecular weight is 398 g/mol. The van der Waals surface area contributed by atoms with E-state index in [-0.39, 0.29) is 4.90 Å². The highest BCUT2D eigenvalue weighted by Gasteiger charge is 2.17. The number of thiophene rings is 1. The molecule has 0 aliphatic carbocycles. The number of anilines is 1. The normalized spacial score (nSPS) is 11.5. The lowest BCUT2D eigenvalue weighted by Gasteiger charge is -2.07. The summed E-state index contributed by atoms with van der Waals surface area (Å²) in [6.45, 7) is 0. The summed E-state index contributed by atoms with van der Waals surface area (Å²) in [4.78, 5) is 1.19. The molecular weight excluding hydrogens is 386 g/mol. The van der Waals surface area contributed by atoms with Gasteiger partial charge in [-0.3, -0.25) is 9.40 Å². The van der Waals surface area contributed by atoms with E-state index >= 15 is 0 Å². The molecule has 0 bridgehead atoms. The van der Waals surface area contributed by atoms with Gasteiger partial charge in [-0.05, 0) is 35.7 Å². The fourth-order valence-electron chi connectivity index (χ4n) is 1.92. The molecular formula is C14H12BrN3O2S2. The first kappa shape index (κ1) is 15.3. The Balaban J connectivity index is 1.91. The van der Waals surface area contributed by atoms with E-state index < -0.39 is 10.0 Å². The molecule has 0 radical (unpaired) electrons. The number of halogens is 1. The lowest BCUT2D eigenvalue weighted by molar-refractivity contribution is 0.600. The van der Waals surface area contributed by atoms with Gasteiger partial charge in [-0.25, -0.2) is 8.42 Å². The second-order valence-electron chi connectivity index (χ2n) is 4.58. The quantitative estimate of drug-likeness (QED) is 0.729. The molecule has 0 spiro atoms. The number of aryl methyl sites for hydroxylation is 1. The smallest absolute Gasteiger partial charge is 0.263 e. The minimum Gasteiger partial charge on any atom is -0.264 e. The van der Waals surface area contributed by atoms with Crippen LogP contribution in [-0.2, 0) is 17.1 Å². The van der Waals surface area contributed by atoms with Crippen LogP contribution >= 0.6 is 27.3 Å². The van der Waals surface area contributed by atoms with Crippen LogP contribution in [0.2, 0.25) is 0 Å². The van der Waals surface area contributed by atoms with Crippen LogP contribution in [0.5, 0.6) is 0 Å². The molecule has 0 amide bonds. The molecule has 8 heteroatoms. The van der Waals surface area contributed by atoms with Gasteiger partial charge in [-0.2, -0.15) is 5.10 Å². The maximum Gasteiger partial charge on any atom is 0.263 e. The van der Waals surface area contributed by atoms with Crippen molar-refractivity contribution < 1.29 is 8.42 Å². The molecule has 5 nitrogen and oxygen atoms in total. The fourth-order valence-corrected chi connectivity index (χ4v) is 3.94. The molecule has 0 aliphatic rings. The van der Waals surface area contributed by atoms with E-state index in [2.05, 4.69) is 25.8 Å². The molecule has 0 atom stereocenters. The molecule has 22 heavy (non-hydrogen) atoms. The van der Waals surface area contributed by atoms with Crippen molar-refractivity contribution in [3.63, 3.8) is 0 Å². The SMILES string of the molecule is Cn1nc(-c2cccs2)cc1NS(=O)(=O)c1ccc(Br)cc1. The van der Waals surface area contributed by atoms with Crippen molar-refractivity contribution in [2.45, 2.75) is 4.90 Å². The minimum atomic E-state index is -3.64. The Morgan fingerprint density at radius 1 is 1.23 bits per heavy atom. The van der Waals surface area contributed by atoms with Crippen LogP contribution in [0.4, 0.5) is 5.82 Å². The molecule has 2 heterocycles. The van der Waals surface area contributed by atoms with Crippen molar-refractivity contribution in [2.75, 3.05) is 4.72 Å². The number of benzene rings is 1. The summed E-state index contributed by atoms with van der Waals surface area (Å²) in [7, 11) is -1.93. The number of nitrogens with one attached hydrogen (secondary N) is 1. The van der Waals surface area contributed by atoms with Crippen molar-refractivity contribution >= 4 is 43.1 Å². The Labute approximate surface area is 140 Å². The molecule has 0 saturated carbocycles. The van der Waals surface area contributed by atoms with Crippen molar-refractivity contribution in [1.82, 2.24) is 9.78 Å². The number of hydrogen-bond acceptors (Lipinski definition) is 4. The Hall–Kier alpha value is -1.64. The van der Waals surface area contributed by atoms with E-state index in [1.54, 1.807) is 48.7 Å². The summed E-state index contributed by atoms with van der Waals surface area (Å²) < 4.78 is 29.7. The zero-order valence-corrected chi connectivity index (χ0v) is 14.7. The Kier molecular flexibility index (Phi) is 4.07. The third-order valence-electron chi connectivity index (χ3n) is 3.02. The zero-order valence-electron chi connectivity index (χ0n) is 11.5. The van der Waals surface area contributed by atoms with Crippen LogP contribution in [0.1, 0.15) is 0 Å². The Morgan fingerprint density at radius 2 is 1.95 bits per heavy atom. The fraction of sp³-hybridized carbons (Fsp3) is 0.0714. The number of nitrogens with zero attached hydrogens (tertiary/aromatic N) is 2. The summed E-state index contributed by atoms with van der Waals surface area (Å²) in [6.07, 6.45) is 0. The maximum atomic E-state index is 12.4. The lowest BCUT2D eigenvalue weighted by atomic mass is 10.3. The van der Waals surface area contributed by atoms with E-state index in [0.29, 0.717) is 5.82 Å². The predicted molar refractivity (Wildman–Crippen MR) is 91.5 cm³/mol. The first-order chi connectivity index (χ1) is 10.5. The van der Waals surface area contributed by atoms with Crippen LogP contribution in [0.15, 0.2) is 57.2 Å². The highest BCUT2D eigenvalue weighted by molar-refractivity contribution is 9.10. The van der Waals surface area contributed by atoms with Gasteiger partial charge in [-0.15, -0.1) is 11.3 Å². The van der Waals surface area contributed by atoms with Crippen LogP contribution in [0.3, 0.4) is 0 Å². The van der Waals surface area contributed by atoms with Gasteiger partial charge in [0.05, 0.1) is 9.77 Å². The van der Waals surface area contributed by atoms with Gasteiger partial charge in [-0.1, -0.05) is 22.0 Å². The van der Waals surface area contributed by atoms with Gasteiger partial charge in [0.15, 0.2) is 0 Å². The predicted octanol–water partition coefficient (Wildman–Crippen LogP) is 3.71. The van der Waals surface area contributed by atoms with E-state index in [1.165, 1.54) is 4.68 Å². The number of aromatic nitrogens is 2. The van der Waals surface area contributed by atoms with Crippen molar-refractivity contribution in [3.8, 4) is 10.6 Å². The molecule has 114 valence electrons. The molecule has 1 N–H and O–H groups in total. The molecule has 3 aromatic rings. The van der Waals surface area contributed by atoms with Crippen LogP contribution in [0.25, 0.3) is 10.6 Å². The van der Waals surface area contributed by atoms with Gasteiger partial charge in [0.1, 0.15) is 11.5 Å². The third-order valence-corrected chi connectivity index (χ3v) is 5.81. The minimum absolute atomic E-state index is 0.203. The summed E-state index contributed by atoms with van der Waals surface area (Å²) in [5.74, 6) is 0.423. The van der Waals surface area contributed by atoms with Gasteiger partial charge in [0, 0.05) is 17.6 Å². The van der Waals surface area contributed by atoms with Crippen LogP contribution < -0.4 is 4.72 Å². The third kappa shape index (κ3) is 3.08. The first-order valence-electron chi connectivity index (χ1n) is 6.32. The van der Waals surface area contributed by atoms with Crippen LogP contribution in [-0.4, -0.2) is 18.2 Å². The summed E-state index contributed by atoms with van der Waals surface area (Å²) in [6, 6.07) is 12.1. The molecule has 1 aromatic carbocycles. The first-order valence-corrected chi connectivity index (χ1v) is 9.47. The van der Waals surface area contributed by atoms with E-state index in [0.717, 1.165) is 15.0 Å². The summed E-state index contributed by atoms with van der Waals surface area (Å²) in [5.41, 5.74) is 0.742. The zero-order chi connectivity index (χ0) is 15.7. The topological polar surface area (TPSA) is 64.0 Å². The monoisotopic (exact) mass is 397 g/mol. The molecule has 2 aromatic heterocycles. The van der Waals surface area contributed by atoms with Gasteiger partial charge in [0.2, 0.25) is 0 Å². The molecule has 0 saturated heterocycles. The average Bonchev–Trinajstić information content (AvgIpc) is 3.10. The number of hydrogen-bond donors (Lipinski definition) is 1. The van der Waals surface area contributed by atoms with Crippen molar-refractivity contribution in [1.29, 1.82) is 0 Å². The Bertz CT molecular complexity index is 885. The number of sulfonamides is 1. The van der Waals surface area contributed by atoms with E-state index in [4.69, 9.17) is 0 Å². The second-order valence-corrected chi connectivity index (χ2v) is 8.12. The Morgan fingerprint density at radius 3 is 2.59 bits per heavy atom. The molecule has 0 fully saturated rings. The number of rotatable bonds is 4. The van der Waals surface area contributed by atoms with E-state index in [1.807, 2.05) is 17.5 Å². The summed E-state index contributed by atoms with van der Waals surface area (Å²) >= 11 is 4.84. The largest absolute Gasteiger partial charge is 0.264 e. The molecule has 0 aliphatic heterocycles. The standard InChI is InChI=1S/C14H12BrN3O2S2/c1-18-14(9-12(16-18)13-3-2-8-21-13)17-22(19,20)11-6-4-10(15)5-7-11/h2-9,17H,1H3. The van der Waals surface area contributed by atoms with Crippen LogP contribution in [0, 0.1) is 0 Å². The van der Waals surface area contributed by atoms with Gasteiger partial charge < -0.3 is 0 Å². The lowest BCUT2D eigenvalue weighted by Crippen LogP contribution is -2.15. The highest BCUT2D eigenvalue weighted by atomic mass is 79.9. The van der Waals surface area contributed by atoms with Gasteiger partial charge >= 0.3 is 0 Å². The van der Waals surface area contributed by atoms with Crippen molar-refractivity contribution in [3.05, 3.63) is 52.3 Å². The molecule has 0 unspecified atom stereocenters. The molecule has 3 rings (SSSR count). The second kappa shape index (κ2) is 5.86. The van der Waals surface area contributed by atoms with Crippen molar-refractivity contribution in [2.24, 2.45) is 7.05 Å². The maximum absolute atomic E-state index is 12.4. The van der Waals surface area contributed by atoms with Gasteiger partial charge in [0.25, 0.3) is 10.0 Å². The summed E-state index contributed by atoms with van der Waals surface area (Å²) in [5, 5.41) is 6.29.